The topological polar surface area (TPSA) is 58.6 Å². The zero-order valence-corrected chi connectivity index (χ0v) is 20.8. The van der Waals surface area contributed by atoms with Gasteiger partial charge in [0.05, 0.1) is 12.0 Å². The quantitative estimate of drug-likeness (QED) is 0.381. The second-order valence-corrected chi connectivity index (χ2v) is 11.0. The Kier molecular flexibility index (Phi) is 6.97. The summed E-state index contributed by atoms with van der Waals surface area (Å²) in [7, 11) is 0. The molecule has 2 aromatic rings. The number of fused-ring (bicyclic) bond motifs is 1. The number of halogens is 6. The molecule has 2 saturated carbocycles. The molecule has 10 heteroatoms. The van der Waals surface area contributed by atoms with E-state index in [1.165, 1.54) is 0 Å². The first kappa shape index (κ1) is 27.5. The van der Waals surface area contributed by atoms with E-state index in [1.807, 2.05) is 51.1 Å². The summed E-state index contributed by atoms with van der Waals surface area (Å²) in [4.78, 5) is 11.5. The summed E-state index contributed by atoms with van der Waals surface area (Å²) in [5, 5.41) is 14.4. The van der Waals surface area contributed by atoms with Crippen molar-refractivity contribution in [2.75, 3.05) is 0 Å². The summed E-state index contributed by atoms with van der Waals surface area (Å²) in [6.07, 6.45) is -14.0. The molecule has 2 unspecified atom stereocenters. The fraction of sp³-hybridized carbons (Fsp3) is 0.593. The first-order chi connectivity index (χ1) is 17.1. The maximum absolute atomic E-state index is 13.5. The van der Waals surface area contributed by atoms with E-state index in [0.717, 1.165) is 10.9 Å². The minimum Gasteiger partial charge on any atom is -0.489 e. The van der Waals surface area contributed by atoms with Crippen molar-refractivity contribution in [3.63, 3.8) is 0 Å². The molecule has 0 saturated heterocycles. The molecule has 37 heavy (non-hydrogen) atoms. The fourth-order valence-corrected chi connectivity index (χ4v) is 5.85. The van der Waals surface area contributed by atoms with Gasteiger partial charge in [0.25, 0.3) is 0 Å². The summed E-state index contributed by atoms with van der Waals surface area (Å²) in [5.74, 6) is -0.896. The zero-order chi connectivity index (χ0) is 27.4. The number of nitrogens with one attached hydrogen (secondary N) is 1. The second-order valence-electron chi connectivity index (χ2n) is 11.0. The van der Waals surface area contributed by atoms with Crippen molar-refractivity contribution in [2.24, 2.45) is 16.7 Å². The number of hydrogen-bond acceptors (Lipinski definition) is 3. The molecule has 0 aromatic heterocycles. The molecule has 0 spiro atoms. The van der Waals surface area contributed by atoms with Crippen molar-refractivity contribution in [2.45, 2.75) is 83.4 Å². The van der Waals surface area contributed by atoms with Gasteiger partial charge in [-0.3, -0.25) is 4.79 Å². The van der Waals surface area contributed by atoms with Crippen LogP contribution >= 0.6 is 0 Å². The first-order valence-electron chi connectivity index (χ1n) is 12.4. The van der Waals surface area contributed by atoms with Gasteiger partial charge in [0, 0.05) is 23.0 Å². The van der Waals surface area contributed by atoms with Gasteiger partial charge in [-0.25, -0.2) is 0 Å². The fourth-order valence-electron chi connectivity index (χ4n) is 5.85. The van der Waals surface area contributed by atoms with Crippen LogP contribution in [-0.2, 0) is 4.79 Å². The van der Waals surface area contributed by atoms with Gasteiger partial charge in [0.1, 0.15) is 5.75 Å². The van der Waals surface area contributed by atoms with Crippen molar-refractivity contribution in [1.82, 2.24) is 5.32 Å². The molecule has 2 fully saturated rings. The molecule has 2 N–H and O–H groups in total. The van der Waals surface area contributed by atoms with Gasteiger partial charge in [-0.2, -0.15) is 26.3 Å². The molecule has 0 radical (unpaired) electrons. The van der Waals surface area contributed by atoms with E-state index in [9.17, 15) is 36.2 Å². The van der Waals surface area contributed by atoms with Gasteiger partial charge in [0.15, 0.2) is 5.41 Å². The highest BCUT2D eigenvalue weighted by molar-refractivity contribution is 5.89. The lowest BCUT2D eigenvalue weighted by molar-refractivity contribution is -0.351. The lowest BCUT2D eigenvalue weighted by atomic mass is 9.58. The molecule has 2 aromatic carbocycles. The summed E-state index contributed by atoms with van der Waals surface area (Å²) in [6, 6.07) is 10.6. The third-order valence-corrected chi connectivity index (χ3v) is 8.55. The molecule has 4 rings (SSSR count). The molecule has 0 aliphatic heterocycles. The summed E-state index contributed by atoms with van der Waals surface area (Å²) in [5.41, 5.74) is -3.48. The third-order valence-electron chi connectivity index (χ3n) is 8.55. The average molecular weight is 532 g/mol. The van der Waals surface area contributed by atoms with E-state index in [0.29, 0.717) is 17.6 Å². The maximum atomic E-state index is 13.5. The normalized spacial score (nSPS) is 24.9. The second kappa shape index (κ2) is 9.36. The van der Waals surface area contributed by atoms with E-state index >= 15 is 0 Å². The molecule has 0 bridgehead atoms. The number of hydrogen-bond donors (Lipinski definition) is 2. The molecule has 3 atom stereocenters. The van der Waals surface area contributed by atoms with Gasteiger partial charge in [0.2, 0.25) is 0 Å². The Morgan fingerprint density at radius 2 is 1.62 bits per heavy atom. The first-order valence-corrected chi connectivity index (χ1v) is 12.4. The van der Waals surface area contributed by atoms with Gasteiger partial charge in [-0.15, -0.1) is 0 Å². The van der Waals surface area contributed by atoms with Crippen LogP contribution in [0.4, 0.5) is 26.3 Å². The highest BCUT2D eigenvalue weighted by Crippen LogP contribution is 2.58. The predicted octanol–water partition coefficient (Wildman–Crippen LogP) is 7.42. The molecule has 204 valence electrons. The largest absolute Gasteiger partial charge is 0.489 e. The molecule has 0 amide bonds. The number of carboxylic acid groups (broad SMARTS) is 1. The molecule has 4 nitrogen and oxygen atoms in total. The molecule has 2 aliphatic rings. The maximum Gasteiger partial charge on any atom is 0.403 e. The Morgan fingerprint density at radius 1 is 1.03 bits per heavy atom. The van der Waals surface area contributed by atoms with Crippen molar-refractivity contribution < 1.29 is 41.0 Å². The Labute approximate surface area is 211 Å². The molecule has 0 heterocycles. The standard InChI is InChI=1S/C27H31F6NO3/c1-15(34-21-14-20(23(35)36)24(21,2)3)18-9-8-16-6-4-5-7-19(16)22(18)37-17-10-12-25(13-11-17,26(28,29)30)27(31,32)33/h4-9,15,17,20-21,34H,10-14H2,1-3H3,(H,35,36)/t15-,20?,21?/m0/s1. The van der Waals surface area contributed by atoms with Crippen LogP contribution in [0.1, 0.15) is 64.5 Å². The van der Waals surface area contributed by atoms with E-state index < -0.39 is 54.0 Å². The Hall–Kier alpha value is -2.49. The molecular formula is C27H31F6NO3. The highest BCUT2D eigenvalue weighted by atomic mass is 19.4. The summed E-state index contributed by atoms with van der Waals surface area (Å²) < 4.78 is 87.3. The van der Waals surface area contributed by atoms with E-state index in [1.54, 1.807) is 6.07 Å². The number of rotatable bonds is 6. The number of benzene rings is 2. The van der Waals surface area contributed by atoms with Gasteiger partial charge < -0.3 is 15.2 Å². The summed E-state index contributed by atoms with van der Waals surface area (Å²) >= 11 is 0. The van der Waals surface area contributed by atoms with Crippen LogP contribution in [0, 0.1) is 16.7 Å². The Balaban J connectivity index is 1.59. The number of alkyl halides is 6. The van der Waals surface area contributed by atoms with Crippen LogP contribution in [0.15, 0.2) is 36.4 Å². The van der Waals surface area contributed by atoms with Gasteiger partial charge in [-0.1, -0.05) is 50.2 Å². The van der Waals surface area contributed by atoms with Crippen LogP contribution in [0.25, 0.3) is 10.8 Å². The minimum absolute atomic E-state index is 0.0863. The van der Waals surface area contributed by atoms with Crippen molar-refractivity contribution in [1.29, 1.82) is 0 Å². The van der Waals surface area contributed by atoms with Crippen LogP contribution < -0.4 is 10.1 Å². The number of aliphatic carboxylic acids is 1. The average Bonchev–Trinajstić information content (AvgIpc) is 2.80. The van der Waals surface area contributed by atoms with E-state index in [4.69, 9.17) is 4.74 Å². The number of carboxylic acids is 1. The summed E-state index contributed by atoms with van der Waals surface area (Å²) in [6.45, 7) is 5.65. The lowest BCUT2D eigenvalue weighted by Crippen LogP contribution is -2.59. The van der Waals surface area contributed by atoms with Gasteiger partial charge in [-0.05, 0) is 49.8 Å². The van der Waals surface area contributed by atoms with E-state index in [-0.39, 0.29) is 24.9 Å². The smallest absolute Gasteiger partial charge is 0.403 e. The van der Waals surface area contributed by atoms with Crippen LogP contribution in [0.5, 0.6) is 5.75 Å². The third kappa shape index (κ3) is 4.77. The minimum atomic E-state index is -5.39. The van der Waals surface area contributed by atoms with Crippen LogP contribution in [-0.4, -0.2) is 35.6 Å². The van der Waals surface area contributed by atoms with Crippen molar-refractivity contribution in [3.8, 4) is 5.75 Å². The van der Waals surface area contributed by atoms with Crippen molar-refractivity contribution in [3.05, 3.63) is 42.0 Å². The molecular weight excluding hydrogens is 500 g/mol. The SMILES string of the molecule is C[C@H](NC1CC(C(=O)O)C1(C)C)c1ccc2ccccc2c1OC1CCC(C(F)(F)F)(C(F)(F)F)CC1. The number of ether oxygens (including phenoxy) is 1. The van der Waals surface area contributed by atoms with Crippen LogP contribution in [0.3, 0.4) is 0 Å². The lowest BCUT2D eigenvalue weighted by Gasteiger charge is -2.51. The highest BCUT2D eigenvalue weighted by Gasteiger charge is 2.70. The Morgan fingerprint density at radius 3 is 2.16 bits per heavy atom. The zero-order valence-electron chi connectivity index (χ0n) is 20.8. The molecule has 2 aliphatic carbocycles. The Bertz CT molecular complexity index is 1140. The van der Waals surface area contributed by atoms with Crippen molar-refractivity contribution >= 4 is 16.7 Å². The van der Waals surface area contributed by atoms with Gasteiger partial charge >= 0.3 is 18.3 Å². The predicted molar refractivity (Wildman–Crippen MR) is 126 cm³/mol. The van der Waals surface area contributed by atoms with Crippen LogP contribution in [0.2, 0.25) is 0 Å². The van der Waals surface area contributed by atoms with E-state index in [2.05, 4.69) is 5.32 Å². The number of carbonyl (C=O) groups is 1. The monoisotopic (exact) mass is 531 g/mol.